The highest BCUT2D eigenvalue weighted by atomic mass is 32.2. The van der Waals surface area contributed by atoms with Crippen LogP contribution in [0.15, 0.2) is 29.4 Å². The van der Waals surface area contributed by atoms with Gasteiger partial charge in [-0.3, -0.25) is 0 Å². The van der Waals surface area contributed by atoms with E-state index in [1.165, 1.54) is 30.0 Å². The fourth-order valence-corrected chi connectivity index (χ4v) is 2.33. The first-order valence-electron chi connectivity index (χ1n) is 5.42. The van der Waals surface area contributed by atoms with E-state index in [9.17, 15) is 0 Å². The van der Waals surface area contributed by atoms with Crippen LogP contribution in [0.4, 0.5) is 5.95 Å². The van der Waals surface area contributed by atoms with Gasteiger partial charge in [0.2, 0.25) is 5.95 Å². The maximum Gasteiger partial charge on any atom is 0.321 e. The zero-order valence-corrected chi connectivity index (χ0v) is 11.1. The number of thioether (sulfide) groups is 1. The zero-order valence-electron chi connectivity index (χ0n) is 10.3. The lowest BCUT2D eigenvalue weighted by molar-refractivity contribution is 0.374. The Labute approximate surface area is 110 Å². The summed E-state index contributed by atoms with van der Waals surface area (Å²) >= 11 is 1.51. The van der Waals surface area contributed by atoms with E-state index in [-0.39, 0.29) is 12.0 Å². The Morgan fingerprint density at radius 1 is 1.22 bits per heavy atom. The zero-order chi connectivity index (χ0) is 13.0. The molecule has 1 aromatic heterocycles. The van der Waals surface area contributed by atoms with Gasteiger partial charge in [0, 0.05) is 5.75 Å². The van der Waals surface area contributed by atoms with Crippen LogP contribution >= 0.6 is 11.8 Å². The number of nitrogens with two attached hydrogens (primary N) is 1. The van der Waals surface area contributed by atoms with E-state index in [0.29, 0.717) is 5.16 Å². The Bertz CT molecular complexity index is 547. The van der Waals surface area contributed by atoms with Crippen molar-refractivity contribution >= 4 is 17.7 Å². The van der Waals surface area contributed by atoms with Crippen molar-refractivity contribution in [3.05, 3.63) is 35.4 Å². The lowest BCUT2D eigenvalue weighted by atomic mass is 10.1. The van der Waals surface area contributed by atoms with Gasteiger partial charge in [0.1, 0.15) is 0 Å². The van der Waals surface area contributed by atoms with Crippen LogP contribution in [-0.2, 0) is 5.75 Å². The molecule has 2 N–H and O–H groups in total. The van der Waals surface area contributed by atoms with Gasteiger partial charge in [-0.15, -0.1) is 0 Å². The molecule has 94 valence electrons. The van der Waals surface area contributed by atoms with Crippen LogP contribution < -0.4 is 10.5 Å². The average molecular weight is 262 g/mol. The van der Waals surface area contributed by atoms with E-state index < -0.39 is 0 Å². The molecule has 0 unspecified atom stereocenters. The molecule has 1 aromatic carbocycles. The van der Waals surface area contributed by atoms with Crippen LogP contribution in [0.3, 0.4) is 0 Å². The summed E-state index contributed by atoms with van der Waals surface area (Å²) < 4.78 is 4.96. The third-order valence-electron chi connectivity index (χ3n) is 2.41. The maximum absolute atomic E-state index is 5.58. The van der Waals surface area contributed by atoms with Gasteiger partial charge in [-0.05, 0) is 18.1 Å². The van der Waals surface area contributed by atoms with Crippen LogP contribution in [0.2, 0.25) is 0 Å². The van der Waals surface area contributed by atoms with Crippen LogP contribution in [-0.4, -0.2) is 22.1 Å². The van der Waals surface area contributed by atoms with Gasteiger partial charge in [0.15, 0.2) is 5.16 Å². The summed E-state index contributed by atoms with van der Waals surface area (Å²) in [5.41, 5.74) is 8.08. The van der Waals surface area contributed by atoms with E-state index in [1.54, 1.807) is 0 Å². The SMILES string of the molecule is COc1nc(N)nc(SCc2ccccc2C)n1. The van der Waals surface area contributed by atoms with Gasteiger partial charge in [-0.1, -0.05) is 36.0 Å². The van der Waals surface area contributed by atoms with Crippen LogP contribution in [0.5, 0.6) is 6.01 Å². The molecular weight excluding hydrogens is 248 g/mol. The second-order valence-electron chi connectivity index (χ2n) is 3.68. The third-order valence-corrected chi connectivity index (χ3v) is 3.31. The molecule has 2 aromatic rings. The first kappa shape index (κ1) is 12.6. The fraction of sp³-hybridized carbons (Fsp3) is 0.250. The Morgan fingerprint density at radius 3 is 2.72 bits per heavy atom. The summed E-state index contributed by atoms with van der Waals surface area (Å²) in [5.74, 6) is 0.966. The molecule has 0 aliphatic heterocycles. The number of nitrogens with zero attached hydrogens (tertiary/aromatic N) is 3. The highest BCUT2D eigenvalue weighted by molar-refractivity contribution is 7.98. The molecule has 0 fully saturated rings. The minimum Gasteiger partial charge on any atom is -0.467 e. The monoisotopic (exact) mass is 262 g/mol. The van der Waals surface area contributed by atoms with E-state index in [4.69, 9.17) is 10.5 Å². The summed E-state index contributed by atoms with van der Waals surface area (Å²) in [7, 11) is 1.50. The normalized spacial score (nSPS) is 10.3. The average Bonchev–Trinajstić information content (AvgIpc) is 2.37. The number of ether oxygens (including phenoxy) is 1. The number of benzene rings is 1. The Kier molecular flexibility index (Phi) is 3.99. The minimum atomic E-state index is 0.175. The molecule has 0 saturated heterocycles. The lowest BCUT2D eigenvalue weighted by Crippen LogP contribution is -2.02. The molecular formula is C12H14N4OS. The molecule has 1 heterocycles. The summed E-state index contributed by atoms with van der Waals surface area (Å²) in [6, 6.07) is 8.45. The molecule has 0 spiro atoms. The molecule has 0 aliphatic rings. The summed E-state index contributed by atoms with van der Waals surface area (Å²) in [6.07, 6.45) is 0. The number of methoxy groups -OCH3 is 1. The standard InChI is InChI=1S/C12H14N4OS/c1-8-5-3-4-6-9(8)7-18-12-15-10(13)14-11(16-12)17-2/h3-6H,7H2,1-2H3,(H2,13,14,15,16). The van der Waals surface area contributed by atoms with Gasteiger partial charge < -0.3 is 10.5 Å². The van der Waals surface area contributed by atoms with Crippen LogP contribution in [0, 0.1) is 6.92 Å². The van der Waals surface area contributed by atoms with Crippen molar-refractivity contribution in [3.63, 3.8) is 0 Å². The Hall–Kier alpha value is -1.82. The van der Waals surface area contributed by atoms with Gasteiger partial charge in [-0.2, -0.15) is 15.0 Å². The number of hydrogen-bond donors (Lipinski definition) is 1. The molecule has 6 heteroatoms. The van der Waals surface area contributed by atoms with E-state index >= 15 is 0 Å². The van der Waals surface area contributed by atoms with Gasteiger partial charge in [0.25, 0.3) is 0 Å². The number of hydrogen-bond acceptors (Lipinski definition) is 6. The number of anilines is 1. The third kappa shape index (κ3) is 3.10. The fourth-order valence-electron chi connectivity index (χ4n) is 1.42. The Balaban J connectivity index is 2.11. The molecule has 5 nitrogen and oxygen atoms in total. The van der Waals surface area contributed by atoms with Crippen molar-refractivity contribution in [3.8, 4) is 6.01 Å². The van der Waals surface area contributed by atoms with Crippen molar-refractivity contribution in [1.82, 2.24) is 15.0 Å². The summed E-state index contributed by atoms with van der Waals surface area (Å²) in [5, 5.41) is 0.572. The van der Waals surface area contributed by atoms with Gasteiger partial charge in [-0.25, -0.2) is 0 Å². The largest absolute Gasteiger partial charge is 0.467 e. The summed E-state index contributed by atoms with van der Waals surface area (Å²) in [4.78, 5) is 12.0. The molecule has 0 amide bonds. The van der Waals surface area contributed by atoms with Gasteiger partial charge in [0.05, 0.1) is 7.11 Å². The topological polar surface area (TPSA) is 73.9 Å². The first-order chi connectivity index (χ1) is 8.69. The van der Waals surface area contributed by atoms with E-state index in [2.05, 4.69) is 34.0 Å². The second-order valence-corrected chi connectivity index (χ2v) is 4.62. The van der Waals surface area contributed by atoms with Crippen LogP contribution in [0.25, 0.3) is 0 Å². The van der Waals surface area contributed by atoms with E-state index in [1.807, 2.05) is 12.1 Å². The predicted octanol–water partition coefficient (Wildman–Crippen LogP) is 2.06. The quantitative estimate of drug-likeness (QED) is 0.850. The molecule has 0 saturated carbocycles. The predicted molar refractivity (Wildman–Crippen MR) is 71.5 cm³/mol. The Morgan fingerprint density at radius 2 is 2.00 bits per heavy atom. The minimum absolute atomic E-state index is 0.175. The molecule has 2 rings (SSSR count). The van der Waals surface area contributed by atoms with Crippen molar-refractivity contribution in [2.75, 3.05) is 12.8 Å². The highest BCUT2D eigenvalue weighted by Crippen LogP contribution is 2.22. The maximum atomic E-state index is 5.58. The number of rotatable bonds is 4. The molecule has 0 atom stereocenters. The first-order valence-corrected chi connectivity index (χ1v) is 6.40. The summed E-state index contributed by atoms with van der Waals surface area (Å²) in [6.45, 7) is 2.08. The number of aryl methyl sites for hydroxylation is 1. The molecule has 0 bridgehead atoms. The smallest absolute Gasteiger partial charge is 0.321 e. The van der Waals surface area contributed by atoms with Crippen LogP contribution in [0.1, 0.15) is 11.1 Å². The van der Waals surface area contributed by atoms with Gasteiger partial charge >= 0.3 is 6.01 Å². The highest BCUT2D eigenvalue weighted by Gasteiger charge is 2.06. The molecule has 0 radical (unpaired) electrons. The number of nitrogen functional groups attached to an aromatic ring is 1. The second kappa shape index (κ2) is 5.68. The molecule has 0 aliphatic carbocycles. The van der Waals surface area contributed by atoms with Crippen molar-refractivity contribution in [1.29, 1.82) is 0 Å². The van der Waals surface area contributed by atoms with Crippen molar-refractivity contribution in [2.24, 2.45) is 0 Å². The lowest BCUT2D eigenvalue weighted by Gasteiger charge is -2.05. The van der Waals surface area contributed by atoms with E-state index in [0.717, 1.165) is 5.75 Å². The van der Waals surface area contributed by atoms with Crippen molar-refractivity contribution in [2.45, 2.75) is 17.8 Å². The molecule has 18 heavy (non-hydrogen) atoms. The van der Waals surface area contributed by atoms with Crippen molar-refractivity contribution < 1.29 is 4.74 Å². The number of aromatic nitrogens is 3.